The zero-order chi connectivity index (χ0) is 15.5. The van der Waals surface area contributed by atoms with Crippen molar-refractivity contribution >= 4 is 22.8 Å². The second-order valence-electron chi connectivity index (χ2n) is 5.01. The summed E-state index contributed by atoms with van der Waals surface area (Å²) >= 11 is 1.03. The first kappa shape index (κ1) is 16.9. The molecule has 0 N–H and O–H groups in total. The molecule has 0 saturated carbocycles. The van der Waals surface area contributed by atoms with Crippen molar-refractivity contribution in [1.29, 1.82) is 0 Å². The number of nitrogens with zero attached hydrogens (tertiary/aromatic N) is 2. The number of aromatic nitrogens is 1. The molecule has 0 saturated heterocycles. The molecule has 3 nitrogen and oxygen atoms in total. The largest absolute Gasteiger partial charge is 0.406 e. The number of anilines is 1. The zero-order valence-corrected chi connectivity index (χ0v) is 12.8. The van der Waals surface area contributed by atoms with Gasteiger partial charge in [0.2, 0.25) is 0 Å². The van der Waals surface area contributed by atoms with Crippen LogP contribution in [-0.2, 0) is 0 Å². The van der Waals surface area contributed by atoms with Crippen molar-refractivity contribution in [2.24, 2.45) is 0 Å². The molecule has 0 aliphatic heterocycles. The minimum absolute atomic E-state index is 0.0556. The molecule has 114 valence electrons. The molecule has 0 aliphatic carbocycles. The first-order valence-electron chi connectivity index (χ1n) is 6.48. The van der Waals surface area contributed by atoms with Crippen LogP contribution in [0.3, 0.4) is 0 Å². The van der Waals surface area contributed by atoms with Crippen LogP contribution in [0.15, 0.2) is 0 Å². The van der Waals surface area contributed by atoms with E-state index in [4.69, 9.17) is 0 Å². The molecule has 1 atom stereocenters. The molecule has 1 rings (SSSR count). The van der Waals surface area contributed by atoms with Gasteiger partial charge < -0.3 is 4.90 Å². The van der Waals surface area contributed by atoms with E-state index in [0.717, 1.165) is 17.8 Å². The fraction of sp³-hybridized carbons (Fsp3) is 0.692. The van der Waals surface area contributed by atoms with Gasteiger partial charge in [-0.2, -0.15) is 13.2 Å². The van der Waals surface area contributed by atoms with Gasteiger partial charge in [0.1, 0.15) is 6.54 Å². The van der Waals surface area contributed by atoms with Crippen LogP contribution in [0, 0.1) is 0 Å². The maximum absolute atomic E-state index is 12.6. The highest BCUT2D eigenvalue weighted by Gasteiger charge is 2.33. The van der Waals surface area contributed by atoms with E-state index < -0.39 is 12.7 Å². The van der Waals surface area contributed by atoms with Gasteiger partial charge in [0.25, 0.3) is 0 Å². The molecule has 0 aromatic carbocycles. The lowest BCUT2D eigenvalue weighted by Gasteiger charge is -2.27. The van der Waals surface area contributed by atoms with E-state index in [2.05, 4.69) is 4.98 Å². The van der Waals surface area contributed by atoms with Crippen molar-refractivity contribution in [1.82, 2.24) is 4.98 Å². The van der Waals surface area contributed by atoms with Gasteiger partial charge in [-0.3, -0.25) is 4.79 Å². The van der Waals surface area contributed by atoms with E-state index in [1.165, 1.54) is 4.90 Å². The molecular formula is C13H19F3N2OS. The summed E-state index contributed by atoms with van der Waals surface area (Å²) in [6.07, 6.45) is -2.84. The predicted molar refractivity (Wildman–Crippen MR) is 74.7 cm³/mol. The second kappa shape index (κ2) is 6.56. The van der Waals surface area contributed by atoms with Gasteiger partial charge in [-0.15, -0.1) is 0 Å². The van der Waals surface area contributed by atoms with Crippen molar-refractivity contribution in [3.8, 4) is 0 Å². The van der Waals surface area contributed by atoms with Crippen LogP contribution in [-0.4, -0.2) is 30.0 Å². The molecule has 0 aliphatic rings. The first-order chi connectivity index (χ1) is 9.19. The number of aldehydes is 1. The maximum Gasteiger partial charge on any atom is 0.406 e. The Kier molecular flexibility index (Phi) is 5.56. The molecule has 1 unspecified atom stereocenters. The number of thiazole rings is 1. The van der Waals surface area contributed by atoms with Crippen molar-refractivity contribution in [2.75, 3.05) is 11.4 Å². The zero-order valence-electron chi connectivity index (χ0n) is 12.0. The summed E-state index contributed by atoms with van der Waals surface area (Å²) < 4.78 is 37.9. The third-order valence-electron chi connectivity index (χ3n) is 3.07. The summed E-state index contributed by atoms with van der Waals surface area (Å²) in [5.41, 5.74) is 0.593. The Hall–Kier alpha value is -1.11. The van der Waals surface area contributed by atoms with Gasteiger partial charge >= 0.3 is 6.18 Å². The van der Waals surface area contributed by atoms with Gasteiger partial charge in [-0.05, 0) is 26.2 Å². The monoisotopic (exact) mass is 308 g/mol. The highest BCUT2D eigenvalue weighted by molar-refractivity contribution is 7.17. The normalized spacial score (nSPS) is 13.6. The topological polar surface area (TPSA) is 33.2 Å². The number of halogens is 3. The summed E-state index contributed by atoms with van der Waals surface area (Å²) in [5.74, 6) is 0.0556. The number of carbonyl (C=O) groups excluding carboxylic acids is 1. The standard InChI is InChI=1S/C13H19F3N2OS/c1-5-9(4)11-10(6-19)20-12(17-11)18(8(2)3)7-13(14,15)16/h6,8-9H,5,7H2,1-4H3. The molecule has 7 heteroatoms. The van der Waals surface area contributed by atoms with Gasteiger partial charge in [0.15, 0.2) is 11.4 Å². The molecule has 0 radical (unpaired) electrons. The Morgan fingerprint density at radius 3 is 2.35 bits per heavy atom. The molecule has 0 spiro atoms. The highest BCUT2D eigenvalue weighted by Crippen LogP contribution is 2.33. The van der Waals surface area contributed by atoms with Crippen molar-refractivity contribution in [3.05, 3.63) is 10.6 Å². The van der Waals surface area contributed by atoms with Crippen LogP contribution in [0.25, 0.3) is 0 Å². The summed E-state index contributed by atoms with van der Waals surface area (Å²) in [6.45, 7) is 6.16. The van der Waals surface area contributed by atoms with E-state index in [9.17, 15) is 18.0 Å². The maximum atomic E-state index is 12.6. The highest BCUT2D eigenvalue weighted by atomic mass is 32.1. The molecule has 0 amide bonds. The summed E-state index contributed by atoms with van der Waals surface area (Å²) in [4.78, 5) is 16.9. The van der Waals surface area contributed by atoms with Gasteiger partial charge in [-0.25, -0.2) is 4.98 Å². The number of hydrogen-bond donors (Lipinski definition) is 0. The number of rotatable bonds is 6. The summed E-state index contributed by atoms with van der Waals surface area (Å²) in [5, 5.41) is 0.259. The van der Waals surface area contributed by atoms with Gasteiger partial charge in [-0.1, -0.05) is 25.2 Å². The molecule has 1 heterocycles. The van der Waals surface area contributed by atoms with Crippen LogP contribution in [0.2, 0.25) is 0 Å². The lowest BCUT2D eigenvalue weighted by Crippen LogP contribution is -2.39. The quantitative estimate of drug-likeness (QED) is 0.737. The van der Waals surface area contributed by atoms with E-state index in [1.807, 2.05) is 13.8 Å². The smallest absolute Gasteiger partial charge is 0.337 e. The van der Waals surface area contributed by atoms with E-state index in [-0.39, 0.29) is 17.1 Å². The summed E-state index contributed by atoms with van der Waals surface area (Å²) in [7, 11) is 0. The van der Waals surface area contributed by atoms with Crippen LogP contribution in [0.5, 0.6) is 0 Å². The van der Waals surface area contributed by atoms with E-state index >= 15 is 0 Å². The molecule has 20 heavy (non-hydrogen) atoms. The molecular weight excluding hydrogens is 289 g/mol. The molecule has 1 aromatic rings. The lowest BCUT2D eigenvalue weighted by atomic mass is 10.0. The van der Waals surface area contributed by atoms with E-state index in [0.29, 0.717) is 16.9 Å². The third-order valence-corrected chi connectivity index (χ3v) is 4.11. The Morgan fingerprint density at radius 2 is 1.95 bits per heavy atom. The van der Waals surface area contributed by atoms with Gasteiger partial charge in [0.05, 0.1) is 10.6 Å². The minimum Gasteiger partial charge on any atom is -0.337 e. The number of hydrogen-bond acceptors (Lipinski definition) is 4. The van der Waals surface area contributed by atoms with Crippen LogP contribution in [0.1, 0.15) is 55.4 Å². The SMILES string of the molecule is CCC(C)c1nc(N(CC(F)(F)F)C(C)C)sc1C=O. The van der Waals surface area contributed by atoms with Crippen LogP contribution < -0.4 is 4.90 Å². The lowest BCUT2D eigenvalue weighted by molar-refractivity contribution is -0.120. The first-order valence-corrected chi connectivity index (χ1v) is 7.30. The Bertz CT molecular complexity index is 457. The fourth-order valence-corrected chi connectivity index (χ4v) is 2.88. The number of carbonyl (C=O) groups is 1. The third kappa shape index (κ3) is 4.19. The summed E-state index contributed by atoms with van der Waals surface area (Å²) in [6, 6.07) is -0.341. The molecule has 1 aromatic heterocycles. The molecule has 0 bridgehead atoms. The van der Waals surface area contributed by atoms with Gasteiger partial charge in [0, 0.05) is 6.04 Å². The Morgan fingerprint density at radius 1 is 1.35 bits per heavy atom. The molecule has 0 fully saturated rings. The van der Waals surface area contributed by atoms with Crippen molar-refractivity contribution in [2.45, 2.75) is 52.3 Å². The Balaban J connectivity index is 3.15. The Labute approximate surface area is 120 Å². The van der Waals surface area contributed by atoms with Crippen LogP contribution >= 0.6 is 11.3 Å². The fourth-order valence-electron chi connectivity index (χ4n) is 1.75. The number of alkyl halides is 3. The second-order valence-corrected chi connectivity index (χ2v) is 6.02. The van der Waals surface area contributed by atoms with E-state index in [1.54, 1.807) is 13.8 Å². The predicted octanol–water partition coefficient (Wildman–Crippen LogP) is 4.25. The average molecular weight is 308 g/mol. The average Bonchev–Trinajstić information content (AvgIpc) is 2.77. The van der Waals surface area contributed by atoms with Crippen molar-refractivity contribution < 1.29 is 18.0 Å². The van der Waals surface area contributed by atoms with Crippen LogP contribution in [0.4, 0.5) is 18.3 Å². The van der Waals surface area contributed by atoms with Crippen molar-refractivity contribution in [3.63, 3.8) is 0 Å². The minimum atomic E-state index is -4.30.